The third-order valence-electron chi connectivity index (χ3n) is 10.3. The van der Waals surface area contributed by atoms with Crippen LogP contribution >= 0.6 is 0 Å². The minimum Gasteiger partial charge on any atom is -0.334 e. The molecule has 1 heterocycles. The van der Waals surface area contributed by atoms with Crippen molar-refractivity contribution in [2.24, 2.45) is 11.8 Å². The molecule has 2 aromatic carbocycles. The molecule has 1 unspecified atom stereocenters. The van der Waals surface area contributed by atoms with Gasteiger partial charge >= 0.3 is 6.03 Å². The van der Waals surface area contributed by atoms with Crippen LogP contribution in [0.2, 0.25) is 0 Å². The number of amides is 2. The fourth-order valence-electron chi connectivity index (χ4n) is 8.00. The van der Waals surface area contributed by atoms with Crippen LogP contribution in [-0.4, -0.2) is 72.6 Å². The Hall–Kier alpha value is -2.37. The summed E-state index contributed by atoms with van der Waals surface area (Å²) in [6.45, 7) is 8.27. The SMILES string of the molecule is CCCN(C(=O)NCc1ccccc1)C1CCN(C[C@H]2CC(N(C)CC3CCCCC3)C[C@@H]2c2ccccc2)CC1. The van der Waals surface area contributed by atoms with Gasteiger partial charge in [-0.2, -0.15) is 0 Å². The third kappa shape index (κ3) is 8.35. The first-order chi connectivity index (χ1) is 20.1. The van der Waals surface area contributed by atoms with Crippen molar-refractivity contribution in [2.75, 3.05) is 39.8 Å². The molecule has 0 spiro atoms. The van der Waals surface area contributed by atoms with Gasteiger partial charge in [0.25, 0.3) is 0 Å². The Balaban J connectivity index is 1.16. The fraction of sp³-hybridized carbons (Fsp3) is 0.639. The van der Waals surface area contributed by atoms with Gasteiger partial charge in [0.1, 0.15) is 0 Å². The fourth-order valence-corrected chi connectivity index (χ4v) is 8.00. The van der Waals surface area contributed by atoms with E-state index in [1.54, 1.807) is 0 Å². The minimum absolute atomic E-state index is 0.0953. The molecule has 2 saturated carbocycles. The van der Waals surface area contributed by atoms with Crippen LogP contribution in [-0.2, 0) is 6.54 Å². The molecule has 0 radical (unpaired) electrons. The summed E-state index contributed by atoms with van der Waals surface area (Å²) >= 11 is 0. The molecule has 3 aliphatic rings. The summed E-state index contributed by atoms with van der Waals surface area (Å²) in [6, 6.07) is 22.7. The number of rotatable bonds is 11. The Morgan fingerprint density at radius 3 is 2.24 bits per heavy atom. The summed E-state index contributed by atoms with van der Waals surface area (Å²) in [5.41, 5.74) is 2.68. The normalized spacial score (nSPS) is 24.5. The van der Waals surface area contributed by atoms with Crippen molar-refractivity contribution in [3.8, 4) is 0 Å². The van der Waals surface area contributed by atoms with Crippen LogP contribution in [0.15, 0.2) is 60.7 Å². The smallest absolute Gasteiger partial charge is 0.317 e. The van der Waals surface area contributed by atoms with Crippen LogP contribution in [0.4, 0.5) is 4.79 Å². The number of piperidine rings is 1. The van der Waals surface area contributed by atoms with Crippen LogP contribution in [0.3, 0.4) is 0 Å². The van der Waals surface area contributed by atoms with Crippen LogP contribution in [0.1, 0.15) is 88.2 Å². The molecule has 41 heavy (non-hydrogen) atoms. The molecular weight excluding hydrogens is 504 g/mol. The number of hydrogen-bond donors (Lipinski definition) is 1. The molecule has 3 fully saturated rings. The van der Waals surface area contributed by atoms with Gasteiger partial charge in [-0.05, 0) is 80.9 Å². The number of benzene rings is 2. The first kappa shape index (κ1) is 30.1. The van der Waals surface area contributed by atoms with Crippen molar-refractivity contribution in [3.05, 3.63) is 71.8 Å². The van der Waals surface area contributed by atoms with Gasteiger partial charge in [-0.3, -0.25) is 0 Å². The second-order valence-corrected chi connectivity index (χ2v) is 13.2. The molecule has 2 aliphatic carbocycles. The standard InChI is InChI=1S/C36H54N4O/c1-3-21-40(36(41)37-26-29-13-7-4-8-14-29)33-19-22-39(23-20-33)28-32-24-34(25-35(32)31-17-11-6-12-18-31)38(2)27-30-15-9-5-10-16-30/h4,6-8,11-14,17-18,30,32-35H,3,5,9-10,15-16,19-28H2,1-2H3,(H,37,41)/t32-,34?,35-/m1/s1. The van der Waals surface area contributed by atoms with E-state index in [1.807, 2.05) is 18.2 Å². The molecule has 5 rings (SSSR count). The van der Waals surface area contributed by atoms with E-state index in [0.717, 1.165) is 50.4 Å². The molecule has 0 bridgehead atoms. The largest absolute Gasteiger partial charge is 0.334 e. The Labute approximate surface area is 249 Å². The summed E-state index contributed by atoms with van der Waals surface area (Å²) in [5, 5.41) is 3.19. The molecule has 3 atom stereocenters. The van der Waals surface area contributed by atoms with Crippen LogP contribution in [0.25, 0.3) is 0 Å². The number of likely N-dealkylation sites (tertiary alicyclic amines) is 1. The molecule has 224 valence electrons. The van der Waals surface area contributed by atoms with E-state index in [1.165, 1.54) is 63.6 Å². The highest BCUT2D eigenvalue weighted by molar-refractivity contribution is 5.74. The zero-order valence-electron chi connectivity index (χ0n) is 25.7. The lowest BCUT2D eigenvalue weighted by molar-refractivity contribution is 0.108. The maximum Gasteiger partial charge on any atom is 0.317 e. The van der Waals surface area contributed by atoms with Gasteiger partial charge < -0.3 is 20.0 Å². The van der Waals surface area contributed by atoms with Gasteiger partial charge in [-0.1, -0.05) is 86.8 Å². The van der Waals surface area contributed by atoms with E-state index in [4.69, 9.17) is 0 Å². The minimum atomic E-state index is 0.0953. The zero-order chi connectivity index (χ0) is 28.4. The molecule has 1 N–H and O–H groups in total. The summed E-state index contributed by atoms with van der Waals surface area (Å²) < 4.78 is 0. The Morgan fingerprint density at radius 1 is 0.878 bits per heavy atom. The van der Waals surface area contributed by atoms with Crippen molar-refractivity contribution in [1.82, 2.24) is 20.0 Å². The maximum absolute atomic E-state index is 13.2. The van der Waals surface area contributed by atoms with E-state index in [0.29, 0.717) is 30.5 Å². The van der Waals surface area contributed by atoms with Crippen LogP contribution in [0.5, 0.6) is 0 Å². The quantitative estimate of drug-likeness (QED) is 0.318. The molecule has 2 aromatic rings. The van der Waals surface area contributed by atoms with Gasteiger partial charge in [0.2, 0.25) is 0 Å². The predicted octanol–water partition coefficient (Wildman–Crippen LogP) is 7.15. The maximum atomic E-state index is 13.2. The summed E-state index contributed by atoms with van der Waals surface area (Å²) in [4.78, 5) is 20.8. The van der Waals surface area contributed by atoms with Crippen molar-refractivity contribution in [3.63, 3.8) is 0 Å². The number of urea groups is 1. The van der Waals surface area contributed by atoms with Crippen molar-refractivity contribution in [2.45, 2.75) is 95.7 Å². The van der Waals surface area contributed by atoms with Crippen LogP contribution < -0.4 is 5.32 Å². The van der Waals surface area contributed by atoms with E-state index in [9.17, 15) is 4.79 Å². The lowest BCUT2D eigenvalue weighted by Gasteiger charge is -2.40. The topological polar surface area (TPSA) is 38.8 Å². The Morgan fingerprint density at radius 2 is 1.56 bits per heavy atom. The second kappa shape index (κ2) is 15.2. The Kier molecular flexibility index (Phi) is 11.2. The number of nitrogens with one attached hydrogen (secondary N) is 1. The van der Waals surface area contributed by atoms with Gasteiger partial charge in [0, 0.05) is 51.4 Å². The summed E-state index contributed by atoms with van der Waals surface area (Å²) in [5.74, 6) is 2.25. The highest BCUT2D eigenvalue weighted by Gasteiger charge is 2.39. The predicted molar refractivity (Wildman–Crippen MR) is 170 cm³/mol. The lowest BCUT2D eigenvalue weighted by Crippen LogP contribution is -2.51. The first-order valence-electron chi connectivity index (χ1n) is 16.7. The van der Waals surface area contributed by atoms with E-state index in [2.05, 4.69) is 76.5 Å². The number of nitrogens with zero attached hydrogens (tertiary/aromatic N) is 3. The van der Waals surface area contributed by atoms with Gasteiger partial charge in [0.15, 0.2) is 0 Å². The average Bonchev–Trinajstić information content (AvgIpc) is 3.44. The zero-order valence-corrected chi connectivity index (χ0v) is 25.7. The second-order valence-electron chi connectivity index (χ2n) is 13.2. The molecule has 2 amide bonds. The lowest BCUT2D eigenvalue weighted by atomic mass is 9.88. The Bertz CT molecular complexity index is 1030. The monoisotopic (exact) mass is 558 g/mol. The molecule has 1 aliphatic heterocycles. The van der Waals surface area contributed by atoms with Gasteiger partial charge in [-0.25, -0.2) is 4.79 Å². The van der Waals surface area contributed by atoms with Crippen molar-refractivity contribution < 1.29 is 4.79 Å². The summed E-state index contributed by atoms with van der Waals surface area (Å²) in [6.07, 6.45) is 12.9. The third-order valence-corrected chi connectivity index (χ3v) is 10.3. The van der Waals surface area contributed by atoms with E-state index < -0.39 is 0 Å². The van der Waals surface area contributed by atoms with Crippen molar-refractivity contribution >= 4 is 6.03 Å². The number of carbonyl (C=O) groups excluding carboxylic acids is 1. The van der Waals surface area contributed by atoms with Gasteiger partial charge in [0.05, 0.1) is 0 Å². The van der Waals surface area contributed by atoms with E-state index in [-0.39, 0.29) is 6.03 Å². The molecule has 0 aromatic heterocycles. The molecule has 1 saturated heterocycles. The molecule has 5 heteroatoms. The summed E-state index contributed by atoms with van der Waals surface area (Å²) in [7, 11) is 2.40. The van der Waals surface area contributed by atoms with Crippen LogP contribution in [0, 0.1) is 11.8 Å². The highest BCUT2D eigenvalue weighted by Crippen LogP contribution is 2.43. The van der Waals surface area contributed by atoms with E-state index >= 15 is 0 Å². The average molecular weight is 559 g/mol. The molecular formula is C36H54N4O. The first-order valence-corrected chi connectivity index (χ1v) is 16.7. The van der Waals surface area contributed by atoms with Crippen molar-refractivity contribution in [1.29, 1.82) is 0 Å². The number of carbonyl (C=O) groups is 1. The van der Waals surface area contributed by atoms with Gasteiger partial charge in [-0.15, -0.1) is 0 Å². The molecule has 5 nitrogen and oxygen atoms in total. The number of hydrogen-bond acceptors (Lipinski definition) is 3. The highest BCUT2D eigenvalue weighted by atomic mass is 16.2.